The summed E-state index contributed by atoms with van der Waals surface area (Å²) in [6.07, 6.45) is 0. The third-order valence-corrected chi connectivity index (χ3v) is 8.26. The van der Waals surface area contributed by atoms with Gasteiger partial charge in [0.25, 0.3) is 5.69 Å². The van der Waals surface area contributed by atoms with Gasteiger partial charge < -0.3 is 28.6 Å². The van der Waals surface area contributed by atoms with E-state index in [-0.39, 0.29) is 35.4 Å². The second-order valence-electron chi connectivity index (χ2n) is 8.52. The molecule has 1 N–H and O–H groups in total. The molecule has 0 bridgehead atoms. The minimum atomic E-state index is -4.33. The zero-order valence-electron chi connectivity index (χ0n) is 21.6. The quantitative estimate of drug-likeness (QED) is 0.125. The summed E-state index contributed by atoms with van der Waals surface area (Å²) in [5.41, 5.74) is -1.32. The third kappa shape index (κ3) is 5.22. The second kappa shape index (κ2) is 11.5. The van der Waals surface area contributed by atoms with Crippen molar-refractivity contribution in [3.63, 3.8) is 0 Å². The van der Waals surface area contributed by atoms with Gasteiger partial charge in [0, 0.05) is 23.5 Å². The lowest BCUT2D eigenvalue weighted by atomic mass is 9.86. The number of nitro groups is 1. The van der Waals surface area contributed by atoms with Crippen LogP contribution in [0.4, 0.5) is 5.69 Å². The number of rotatable bonds is 8. The number of non-ortho nitro benzene ring substituents is 1. The number of hydrogen-bond acceptors (Lipinski definition) is 12. The smallest absolute Gasteiger partial charge is 0.360 e. The molecule has 206 valence electrons. The minimum Gasteiger partial charge on any atom is -0.466 e. The summed E-state index contributed by atoms with van der Waals surface area (Å²) < 4.78 is 40.7. The van der Waals surface area contributed by atoms with Crippen molar-refractivity contribution in [2.75, 3.05) is 33.5 Å². The summed E-state index contributed by atoms with van der Waals surface area (Å²) in [6, 6.07) is 5.48. The van der Waals surface area contributed by atoms with Crippen molar-refractivity contribution >= 4 is 31.2 Å². The van der Waals surface area contributed by atoms with Gasteiger partial charge in [-0.3, -0.25) is 24.3 Å². The van der Waals surface area contributed by atoms with Gasteiger partial charge in [-0.05, 0) is 33.3 Å². The van der Waals surface area contributed by atoms with Gasteiger partial charge in [-0.1, -0.05) is 12.1 Å². The molecular weight excluding hydrogens is 523 g/mol. The highest BCUT2D eigenvalue weighted by atomic mass is 31.2. The number of benzene rings is 1. The molecule has 2 aliphatic heterocycles. The van der Waals surface area contributed by atoms with Crippen LogP contribution in [0.15, 0.2) is 46.5 Å². The number of nitro benzene ring substituents is 1. The molecule has 2 aliphatic rings. The summed E-state index contributed by atoms with van der Waals surface area (Å²) in [5.74, 6) is -3.82. The third-order valence-electron chi connectivity index (χ3n) is 6.13. The predicted octanol–water partition coefficient (Wildman–Crippen LogP) is 3.31. The van der Waals surface area contributed by atoms with Gasteiger partial charge in [-0.15, -0.1) is 0 Å². The summed E-state index contributed by atoms with van der Waals surface area (Å²) in [4.78, 5) is 49.3. The molecular formula is C24H29N2O11P. The van der Waals surface area contributed by atoms with Gasteiger partial charge in [0.15, 0.2) is 0 Å². The molecule has 2 heterocycles. The largest absolute Gasteiger partial charge is 0.466 e. The van der Waals surface area contributed by atoms with Crippen molar-refractivity contribution in [2.45, 2.75) is 33.6 Å². The van der Waals surface area contributed by atoms with Crippen molar-refractivity contribution in [1.82, 2.24) is 5.32 Å². The Balaban J connectivity index is 2.13. The van der Waals surface area contributed by atoms with Crippen LogP contribution in [0, 0.1) is 15.5 Å². The van der Waals surface area contributed by atoms with Crippen LogP contribution in [-0.2, 0) is 42.2 Å². The number of nitrogens with one attached hydrogen (secondary N) is 1. The topological polar surface area (TPSA) is 170 Å². The van der Waals surface area contributed by atoms with E-state index in [4.69, 9.17) is 23.3 Å². The average molecular weight is 552 g/mol. The standard InChI is InChI=1S/C24H29N2O11P/c1-6-34-22(28)24(23(29)35-7-2)12-36-38(32,37-13-24)20-15(4)25-14(3)18(21(27)33-5)19(20)16-9-8-10-17(11-16)26(30)31/h8-11,19,25H,6-7,12-13H2,1-5H3. The van der Waals surface area contributed by atoms with E-state index in [1.807, 2.05) is 0 Å². The van der Waals surface area contributed by atoms with Gasteiger partial charge in [0.05, 0.1) is 55.3 Å². The Kier molecular flexibility index (Phi) is 8.75. The molecule has 0 spiro atoms. The van der Waals surface area contributed by atoms with Crippen LogP contribution in [-0.4, -0.2) is 56.4 Å². The molecule has 1 saturated heterocycles. The van der Waals surface area contributed by atoms with E-state index in [2.05, 4.69) is 5.32 Å². The summed E-state index contributed by atoms with van der Waals surface area (Å²) >= 11 is 0. The lowest BCUT2D eigenvalue weighted by molar-refractivity contribution is -0.384. The molecule has 1 fully saturated rings. The maximum absolute atomic E-state index is 14.3. The maximum atomic E-state index is 14.3. The highest BCUT2D eigenvalue weighted by Crippen LogP contribution is 2.66. The summed E-state index contributed by atoms with van der Waals surface area (Å²) in [5, 5.41) is 14.4. The Bertz CT molecular complexity index is 1240. The van der Waals surface area contributed by atoms with E-state index in [0.29, 0.717) is 11.4 Å². The Hall–Kier alpha value is -3.54. The summed E-state index contributed by atoms with van der Waals surface area (Å²) in [7, 11) is -3.16. The van der Waals surface area contributed by atoms with Crippen LogP contribution >= 0.6 is 7.60 Å². The van der Waals surface area contributed by atoms with Crippen LogP contribution in [0.5, 0.6) is 0 Å². The van der Waals surface area contributed by atoms with Crippen molar-refractivity contribution in [3.8, 4) is 0 Å². The van der Waals surface area contributed by atoms with Gasteiger partial charge in [0.2, 0.25) is 5.41 Å². The Morgan fingerprint density at radius 2 is 1.68 bits per heavy atom. The average Bonchev–Trinajstić information content (AvgIpc) is 2.88. The SMILES string of the molecule is CCOC(=O)C1(C(=O)OCC)COP(=O)(C2=C(C)NC(C)=C(C(=O)OC)C2c2cccc([N+](=O)[O-])c2)OC1. The number of hydrogen-bond donors (Lipinski definition) is 1. The number of dihydropyridines is 1. The molecule has 1 atom stereocenters. The Morgan fingerprint density at radius 1 is 1.11 bits per heavy atom. The van der Waals surface area contributed by atoms with Gasteiger partial charge in [-0.2, -0.15) is 0 Å². The number of nitrogens with zero attached hydrogens (tertiary/aromatic N) is 1. The molecule has 1 aromatic rings. The molecule has 13 nitrogen and oxygen atoms in total. The summed E-state index contributed by atoms with van der Waals surface area (Å²) in [6.45, 7) is 4.85. The molecule has 1 aromatic carbocycles. The predicted molar refractivity (Wildman–Crippen MR) is 132 cm³/mol. The molecule has 0 radical (unpaired) electrons. The zero-order chi connectivity index (χ0) is 28.3. The highest BCUT2D eigenvalue weighted by molar-refractivity contribution is 7.58. The van der Waals surface area contributed by atoms with Crippen molar-refractivity contribution in [2.24, 2.45) is 5.41 Å². The molecule has 0 aromatic heterocycles. The maximum Gasteiger partial charge on any atom is 0.360 e. The lowest BCUT2D eigenvalue weighted by Gasteiger charge is -2.39. The second-order valence-corrected chi connectivity index (χ2v) is 10.5. The van der Waals surface area contributed by atoms with Crippen LogP contribution < -0.4 is 5.32 Å². The van der Waals surface area contributed by atoms with E-state index in [0.717, 1.165) is 0 Å². The first-order valence-electron chi connectivity index (χ1n) is 11.7. The van der Waals surface area contributed by atoms with Gasteiger partial charge in [-0.25, -0.2) is 4.79 Å². The van der Waals surface area contributed by atoms with E-state index in [9.17, 15) is 29.1 Å². The number of allylic oxidation sites excluding steroid dienone is 3. The van der Waals surface area contributed by atoms with E-state index >= 15 is 0 Å². The van der Waals surface area contributed by atoms with E-state index < -0.39 is 55.0 Å². The molecule has 0 aliphatic carbocycles. The normalized spacial score (nSPS) is 20.3. The first kappa shape index (κ1) is 29.0. The van der Waals surface area contributed by atoms with Crippen LogP contribution in [0.2, 0.25) is 0 Å². The number of carbonyl (C=O) groups excluding carboxylic acids is 3. The minimum absolute atomic E-state index is 0.0229. The highest BCUT2D eigenvalue weighted by Gasteiger charge is 2.58. The fraction of sp³-hybridized carbons (Fsp3) is 0.458. The molecule has 0 saturated carbocycles. The van der Waals surface area contributed by atoms with Crippen molar-refractivity contribution < 1.29 is 47.1 Å². The molecule has 0 amide bonds. The zero-order valence-corrected chi connectivity index (χ0v) is 22.5. The van der Waals surface area contributed by atoms with Crippen LogP contribution in [0.3, 0.4) is 0 Å². The number of ether oxygens (including phenoxy) is 3. The molecule has 38 heavy (non-hydrogen) atoms. The first-order valence-corrected chi connectivity index (χ1v) is 13.2. The van der Waals surface area contributed by atoms with Crippen molar-refractivity contribution in [1.29, 1.82) is 0 Å². The van der Waals surface area contributed by atoms with E-state index in [1.165, 1.54) is 31.4 Å². The van der Waals surface area contributed by atoms with Crippen LogP contribution in [0.25, 0.3) is 0 Å². The first-order chi connectivity index (χ1) is 18.0. The van der Waals surface area contributed by atoms with Gasteiger partial charge in [0.1, 0.15) is 0 Å². The fourth-order valence-corrected chi connectivity index (χ4v) is 6.53. The Morgan fingerprint density at radius 3 is 2.18 bits per heavy atom. The number of methoxy groups -OCH3 is 1. The molecule has 3 rings (SSSR count). The monoisotopic (exact) mass is 552 g/mol. The Labute approximate surface area is 218 Å². The number of carbonyl (C=O) groups is 3. The van der Waals surface area contributed by atoms with Crippen LogP contribution in [0.1, 0.15) is 39.2 Å². The van der Waals surface area contributed by atoms with Crippen molar-refractivity contribution in [3.05, 3.63) is 62.2 Å². The fourth-order valence-electron chi connectivity index (χ4n) is 4.34. The molecule has 14 heteroatoms. The lowest BCUT2D eigenvalue weighted by Crippen LogP contribution is -2.51. The van der Waals surface area contributed by atoms with E-state index in [1.54, 1.807) is 27.7 Å². The number of esters is 3. The van der Waals surface area contributed by atoms with Gasteiger partial charge >= 0.3 is 25.5 Å². The molecule has 1 unspecified atom stereocenters.